The van der Waals surface area contributed by atoms with Crippen LogP contribution < -0.4 is 10.6 Å². The molecule has 1 aliphatic rings. The fourth-order valence-corrected chi connectivity index (χ4v) is 2.80. The third-order valence-corrected chi connectivity index (χ3v) is 4.29. The summed E-state index contributed by atoms with van der Waals surface area (Å²) in [5.74, 6) is -2.00. The molecule has 0 aromatic heterocycles. The van der Waals surface area contributed by atoms with Gasteiger partial charge in [-0.25, -0.2) is 17.6 Å². The molecule has 8 nitrogen and oxygen atoms in total. The maximum absolute atomic E-state index is 12.8. The standard InChI is InChI=1S/C14H16FN3O5S/c1-24(22,23)7-6-11-13(20)18(14(21)17-11)8-12(19)16-10-4-2-9(15)3-5-10/h2-5,11H,6-8H2,1H3,(H,16,19)(H,17,21). The summed E-state index contributed by atoms with van der Waals surface area (Å²) in [6.07, 6.45) is 0.974. The molecule has 1 aromatic carbocycles. The number of nitrogens with one attached hydrogen (secondary N) is 2. The lowest BCUT2D eigenvalue weighted by molar-refractivity contribution is -0.130. The van der Waals surface area contributed by atoms with E-state index in [0.29, 0.717) is 10.6 Å². The van der Waals surface area contributed by atoms with Crippen molar-refractivity contribution in [1.29, 1.82) is 0 Å². The zero-order valence-electron chi connectivity index (χ0n) is 12.8. The van der Waals surface area contributed by atoms with Crippen LogP contribution in [0.25, 0.3) is 0 Å². The summed E-state index contributed by atoms with van der Waals surface area (Å²) >= 11 is 0. The molecule has 1 aliphatic heterocycles. The van der Waals surface area contributed by atoms with Crippen LogP contribution in [-0.2, 0) is 19.4 Å². The average Bonchev–Trinajstić information content (AvgIpc) is 2.74. The van der Waals surface area contributed by atoms with Crippen LogP contribution in [0.2, 0.25) is 0 Å². The molecule has 130 valence electrons. The van der Waals surface area contributed by atoms with Crippen molar-refractivity contribution in [2.24, 2.45) is 0 Å². The van der Waals surface area contributed by atoms with E-state index in [2.05, 4.69) is 10.6 Å². The highest BCUT2D eigenvalue weighted by molar-refractivity contribution is 7.90. The van der Waals surface area contributed by atoms with E-state index in [1.807, 2.05) is 0 Å². The van der Waals surface area contributed by atoms with Crippen LogP contribution >= 0.6 is 0 Å². The van der Waals surface area contributed by atoms with E-state index in [-0.39, 0.29) is 12.2 Å². The van der Waals surface area contributed by atoms with Crippen LogP contribution in [0.3, 0.4) is 0 Å². The van der Waals surface area contributed by atoms with Crippen LogP contribution in [0.5, 0.6) is 0 Å². The predicted molar refractivity (Wildman–Crippen MR) is 83.4 cm³/mol. The van der Waals surface area contributed by atoms with Crippen molar-refractivity contribution in [3.8, 4) is 0 Å². The summed E-state index contributed by atoms with van der Waals surface area (Å²) in [4.78, 5) is 36.5. The van der Waals surface area contributed by atoms with Gasteiger partial charge in [-0.05, 0) is 30.7 Å². The lowest BCUT2D eigenvalue weighted by Crippen LogP contribution is -2.38. The molecule has 2 rings (SSSR count). The molecular formula is C14H16FN3O5S. The Hall–Kier alpha value is -2.49. The molecule has 10 heteroatoms. The Morgan fingerprint density at radius 3 is 2.50 bits per heavy atom. The van der Waals surface area contributed by atoms with E-state index >= 15 is 0 Å². The van der Waals surface area contributed by atoms with Crippen LogP contribution in [-0.4, -0.2) is 55.8 Å². The number of anilines is 1. The highest BCUT2D eigenvalue weighted by atomic mass is 32.2. The van der Waals surface area contributed by atoms with Gasteiger partial charge >= 0.3 is 6.03 Å². The lowest BCUT2D eigenvalue weighted by Gasteiger charge is -2.13. The first kappa shape index (κ1) is 17.9. The number of hydrogen-bond acceptors (Lipinski definition) is 5. The largest absolute Gasteiger partial charge is 0.326 e. The molecule has 1 aromatic rings. The van der Waals surface area contributed by atoms with Gasteiger partial charge in [-0.1, -0.05) is 0 Å². The zero-order chi connectivity index (χ0) is 17.9. The second kappa shape index (κ2) is 6.95. The van der Waals surface area contributed by atoms with Gasteiger partial charge in [-0.2, -0.15) is 0 Å². The third-order valence-electron chi connectivity index (χ3n) is 3.31. The van der Waals surface area contributed by atoms with Crippen molar-refractivity contribution in [2.75, 3.05) is 23.9 Å². The Labute approximate surface area is 137 Å². The van der Waals surface area contributed by atoms with E-state index in [4.69, 9.17) is 0 Å². The molecule has 0 spiro atoms. The minimum Gasteiger partial charge on any atom is -0.326 e. The summed E-state index contributed by atoms with van der Waals surface area (Å²) in [7, 11) is -3.27. The highest BCUT2D eigenvalue weighted by Crippen LogP contribution is 2.12. The molecule has 0 aliphatic carbocycles. The van der Waals surface area contributed by atoms with Gasteiger partial charge in [0, 0.05) is 11.9 Å². The zero-order valence-corrected chi connectivity index (χ0v) is 13.6. The first-order valence-corrected chi connectivity index (χ1v) is 9.07. The third kappa shape index (κ3) is 4.75. The van der Waals surface area contributed by atoms with E-state index < -0.39 is 46.1 Å². The molecule has 4 amide bonds. The van der Waals surface area contributed by atoms with Crippen molar-refractivity contribution in [1.82, 2.24) is 10.2 Å². The van der Waals surface area contributed by atoms with Crippen molar-refractivity contribution < 1.29 is 27.2 Å². The molecule has 1 fully saturated rings. The second-order valence-corrected chi connectivity index (χ2v) is 7.66. The van der Waals surface area contributed by atoms with E-state index in [0.717, 1.165) is 18.4 Å². The number of nitrogens with zero attached hydrogens (tertiary/aromatic N) is 1. The first-order valence-electron chi connectivity index (χ1n) is 7.01. The SMILES string of the molecule is CS(=O)(=O)CCC1NC(=O)N(CC(=O)Nc2ccc(F)cc2)C1=O. The summed E-state index contributed by atoms with van der Waals surface area (Å²) in [5, 5.41) is 4.78. The Morgan fingerprint density at radius 1 is 1.29 bits per heavy atom. The molecule has 1 heterocycles. The van der Waals surface area contributed by atoms with Gasteiger partial charge in [0.1, 0.15) is 28.2 Å². The van der Waals surface area contributed by atoms with Crippen molar-refractivity contribution in [3.63, 3.8) is 0 Å². The number of imide groups is 1. The summed E-state index contributed by atoms with van der Waals surface area (Å²) in [6, 6.07) is 3.27. The van der Waals surface area contributed by atoms with Gasteiger partial charge in [0.15, 0.2) is 0 Å². The number of urea groups is 1. The number of halogens is 1. The fraction of sp³-hybridized carbons (Fsp3) is 0.357. The Balaban J connectivity index is 1.94. The fourth-order valence-electron chi connectivity index (χ4n) is 2.13. The highest BCUT2D eigenvalue weighted by Gasteiger charge is 2.39. The van der Waals surface area contributed by atoms with Gasteiger partial charge in [0.25, 0.3) is 5.91 Å². The number of rotatable bonds is 6. The summed E-state index contributed by atoms with van der Waals surface area (Å²) in [6.45, 7) is -0.516. The second-order valence-electron chi connectivity index (χ2n) is 5.40. The van der Waals surface area contributed by atoms with Crippen LogP contribution in [0.1, 0.15) is 6.42 Å². The quantitative estimate of drug-likeness (QED) is 0.702. The van der Waals surface area contributed by atoms with Crippen molar-refractivity contribution in [3.05, 3.63) is 30.1 Å². The molecule has 0 radical (unpaired) electrons. The molecule has 2 N–H and O–H groups in total. The average molecular weight is 357 g/mol. The maximum Gasteiger partial charge on any atom is 0.325 e. The van der Waals surface area contributed by atoms with Gasteiger partial charge in [0.05, 0.1) is 5.75 Å². The van der Waals surface area contributed by atoms with Crippen LogP contribution in [0, 0.1) is 5.82 Å². The number of hydrogen-bond donors (Lipinski definition) is 2. The van der Waals surface area contributed by atoms with E-state index in [1.54, 1.807) is 0 Å². The minimum absolute atomic E-state index is 0.0561. The number of benzene rings is 1. The predicted octanol–water partition coefficient (Wildman–Crippen LogP) is 0.119. The van der Waals surface area contributed by atoms with Gasteiger partial charge < -0.3 is 10.6 Å². The van der Waals surface area contributed by atoms with E-state index in [9.17, 15) is 27.2 Å². The molecular weight excluding hydrogens is 341 g/mol. The van der Waals surface area contributed by atoms with Crippen LogP contribution in [0.15, 0.2) is 24.3 Å². The normalized spacial score (nSPS) is 17.8. The number of amides is 4. The molecule has 0 bridgehead atoms. The first-order chi connectivity index (χ1) is 11.2. The number of carbonyl (C=O) groups excluding carboxylic acids is 3. The monoisotopic (exact) mass is 357 g/mol. The number of carbonyl (C=O) groups is 3. The Morgan fingerprint density at radius 2 is 1.92 bits per heavy atom. The Kier molecular flexibility index (Phi) is 5.17. The topological polar surface area (TPSA) is 113 Å². The van der Waals surface area contributed by atoms with Crippen molar-refractivity contribution in [2.45, 2.75) is 12.5 Å². The summed E-state index contributed by atoms with van der Waals surface area (Å²) < 4.78 is 35.1. The minimum atomic E-state index is -3.27. The van der Waals surface area contributed by atoms with Gasteiger partial charge in [-0.3, -0.25) is 14.5 Å². The Bertz CT molecular complexity index is 763. The molecule has 1 saturated heterocycles. The van der Waals surface area contributed by atoms with Crippen LogP contribution in [0.4, 0.5) is 14.9 Å². The van der Waals surface area contributed by atoms with Gasteiger partial charge in [0.2, 0.25) is 5.91 Å². The lowest BCUT2D eigenvalue weighted by atomic mass is 10.2. The van der Waals surface area contributed by atoms with E-state index in [1.165, 1.54) is 12.1 Å². The maximum atomic E-state index is 12.8. The van der Waals surface area contributed by atoms with Crippen molar-refractivity contribution >= 4 is 33.4 Å². The molecule has 0 saturated carbocycles. The summed E-state index contributed by atoms with van der Waals surface area (Å²) in [5.41, 5.74) is 0.321. The molecule has 1 unspecified atom stereocenters. The smallest absolute Gasteiger partial charge is 0.325 e. The number of sulfone groups is 1. The molecule has 24 heavy (non-hydrogen) atoms. The molecule has 1 atom stereocenters. The van der Waals surface area contributed by atoms with Gasteiger partial charge in [-0.15, -0.1) is 0 Å².